The fourth-order valence-corrected chi connectivity index (χ4v) is 4.34. The van der Waals surface area contributed by atoms with Crippen LogP contribution in [0.1, 0.15) is 25.5 Å². The predicted octanol–water partition coefficient (Wildman–Crippen LogP) is 1.23. The van der Waals surface area contributed by atoms with Gasteiger partial charge >= 0.3 is 0 Å². The molecule has 3 heterocycles. The van der Waals surface area contributed by atoms with Crippen LogP contribution >= 0.6 is 0 Å². The zero-order valence-electron chi connectivity index (χ0n) is 17.2. The van der Waals surface area contributed by atoms with Crippen LogP contribution < -0.4 is 10.6 Å². The number of hydrogen-bond donors (Lipinski definition) is 2. The number of benzene rings is 1. The lowest BCUT2D eigenvalue weighted by Crippen LogP contribution is -2.64. The summed E-state index contributed by atoms with van der Waals surface area (Å²) < 4.78 is 0. The molecule has 3 aliphatic rings. The van der Waals surface area contributed by atoms with Gasteiger partial charge in [0.2, 0.25) is 0 Å². The lowest BCUT2D eigenvalue weighted by Gasteiger charge is -2.47. The van der Waals surface area contributed by atoms with Gasteiger partial charge in [0.25, 0.3) is 0 Å². The molecule has 0 aliphatic carbocycles. The monoisotopic (exact) mass is 372 g/mol. The summed E-state index contributed by atoms with van der Waals surface area (Å²) in [5.41, 5.74) is 1.35. The predicted molar refractivity (Wildman–Crippen MR) is 113 cm³/mol. The Kier molecular flexibility index (Phi) is 7.50. The number of rotatable bonds is 8. The molecule has 4 rings (SSSR count). The van der Waals surface area contributed by atoms with E-state index in [0.29, 0.717) is 12.1 Å². The van der Waals surface area contributed by atoms with Crippen molar-refractivity contribution < 1.29 is 0 Å². The molecule has 1 aromatic carbocycles. The maximum Gasteiger partial charge on any atom is 0.191 e. The summed E-state index contributed by atoms with van der Waals surface area (Å²) in [4.78, 5) is 12.1. The Morgan fingerprint density at radius 1 is 1.11 bits per heavy atom. The SMILES string of the molecule is CCN(CC)C(CNC(=NC)NCC1CN2CCN1CC2)c1ccccc1. The van der Waals surface area contributed by atoms with Crippen LogP contribution in [0.5, 0.6) is 0 Å². The van der Waals surface area contributed by atoms with Crippen molar-refractivity contribution in [3.8, 4) is 0 Å². The van der Waals surface area contributed by atoms with Gasteiger partial charge in [0.05, 0.1) is 6.04 Å². The average Bonchev–Trinajstić information content (AvgIpc) is 2.74. The van der Waals surface area contributed by atoms with Crippen LogP contribution in [0.2, 0.25) is 0 Å². The van der Waals surface area contributed by atoms with E-state index in [4.69, 9.17) is 0 Å². The van der Waals surface area contributed by atoms with Crippen LogP contribution in [0.3, 0.4) is 0 Å². The Bertz CT molecular complexity index is 578. The van der Waals surface area contributed by atoms with Crippen molar-refractivity contribution in [2.45, 2.75) is 25.9 Å². The van der Waals surface area contributed by atoms with Gasteiger partial charge in [-0.1, -0.05) is 44.2 Å². The van der Waals surface area contributed by atoms with Gasteiger partial charge in [-0.15, -0.1) is 0 Å². The molecule has 3 aliphatic heterocycles. The molecular formula is C21H36N6. The number of likely N-dealkylation sites (N-methyl/N-ethyl adjacent to an activating group) is 1. The van der Waals surface area contributed by atoms with E-state index in [2.05, 4.69) is 74.5 Å². The average molecular weight is 373 g/mol. The summed E-state index contributed by atoms with van der Waals surface area (Å²) in [7, 11) is 1.86. The largest absolute Gasteiger partial charge is 0.355 e. The summed E-state index contributed by atoms with van der Waals surface area (Å²) in [6.45, 7) is 14.4. The first-order valence-electron chi connectivity index (χ1n) is 10.4. The highest BCUT2D eigenvalue weighted by Crippen LogP contribution is 2.19. The van der Waals surface area contributed by atoms with Gasteiger partial charge < -0.3 is 10.6 Å². The van der Waals surface area contributed by atoms with E-state index < -0.39 is 0 Å². The van der Waals surface area contributed by atoms with Crippen LogP contribution in [-0.2, 0) is 0 Å². The topological polar surface area (TPSA) is 46.1 Å². The molecule has 27 heavy (non-hydrogen) atoms. The molecule has 3 saturated heterocycles. The van der Waals surface area contributed by atoms with E-state index in [0.717, 1.165) is 32.1 Å². The van der Waals surface area contributed by atoms with E-state index in [-0.39, 0.29) is 0 Å². The maximum atomic E-state index is 4.45. The quantitative estimate of drug-likeness (QED) is 0.531. The van der Waals surface area contributed by atoms with Gasteiger partial charge in [-0.3, -0.25) is 19.7 Å². The molecule has 0 radical (unpaired) electrons. The van der Waals surface area contributed by atoms with Crippen molar-refractivity contribution in [3.63, 3.8) is 0 Å². The van der Waals surface area contributed by atoms with Gasteiger partial charge in [-0.25, -0.2) is 0 Å². The Morgan fingerprint density at radius 2 is 1.81 bits per heavy atom. The van der Waals surface area contributed by atoms with Crippen molar-refractivity contribution in [2.75, 3.05) is 66.0 Å². The number of guanidine groups is 1. The summed E-state index contributed by atoms with van der Waals surface area (Å²) in [5.74, 6) is 0.903. The highest BCUT2D eigenvalue weighted by molar-refractivity contribution is 5.79. The molecule has 6 heteroatoms. The molecule has 2 unspecified atom stereocenters. The number of nitrogens with one attached hydrogen (secondary N) is 2. The number of aliphatic imine (C=N–C) groups is 1. The normalized spacial score (nSPS) is 26.2. The molecule has 3 fully saturated rings. The lowest BCUT2D eigenvalue weighted by atomic mass is 10.1. The van der Waals surface area contributed by atoms with E-state index in [1.54, 1.807) is 0 Å². The number of piperazine rings is 3. The third-order valence-corrected chi connectivity index (χ3v) is 6.02. The van der Waals surface area contributed by atoms with Crippen LogP contribution in [-0.4, -0.2) is 92.7 Å². The summed E-state index contributed by atoms with van der Waals surface area (Å²) >= 11 is 0. The van der Waals surface area contributed by atoms with Crippen LogP contribution in [0.15, 0.2) is 35.3 Å². The fraction of sp³-hybridized carbons (Fsp3) is 0.667. The summed E-state index contributed by atoms with van der Waals surface area (Å²) in [6.07, 6.45) is 0. The standard InChI is InChI=1S/C21H36N6/c1-4-26(5-2)20(18-9-7-6-8-10-18)16-24-21(22-3)23-15-19-17-25-11-13-27(19)14-12-25/h6-10,19-20H,4-5,11-17H2,1-3H3,(H2,22,23,24). The first-order valence-corrected chi connectivity index (χ1v) is 10.4. The molecule has 0 aromatic heterocycles. The van der Waals surface area contributed by atoms with E-state index in [1.165, 1.54) is 38.3 Å². The molecule has 0 saturated carbocycles. The third-order valence-electron chi connectivity index (χ3n) is 6.02. The Hall–Kier alpha value is -1.63. The molecular weight excluding hydrogens is 336 g/mol. The lowest BCUT2D eigenvalue weighted by molar-refractivity contribution is 0.0154. The molecule has 6 nitrogen and oxygen atoms in total. The van der Waals surface area contributed by atoms with Crippen molar-refractivity contribution in [1.29, 1.82) is 0 Å². The van der Waals surface area contributed by atoms with Crippen LogP contribution in [0.4, 0.5) is 0 Å². The smallest absolute Gasteiger partial charge is 0.191 e. The van der Waals surface area contributed by atoms with Crippen molar-refractivity contribution in [2.24, 2.45) is 4.99 Å². The molecule has 2 atom stereocenters. The molecule has 1 aromatic rings. The first kappa shape index (κ1) is 20.1. The van der Waals surface area contributed by atoms with E-state index in [9.17, 15) is 0 Å². The van der Waals surface area contributed by atoms with Gasteiger partial charge in [0, 0.05) is 58.9 Å². The molecule has 0 amide bonds. The van der Waals surface area contributed by atoms with Crippen LogP contribution in [0, 0.1) is 0 Å². The fourth-order valence-electron chi connectivity index (χ4n) is 4.34. The molecule has 2 bridgehead atoms. The second kappa shape index (κ2) is 10.1. The van der Waals surface area contributed by atoms with E-state index >= 15 is 0 Å². The van der Waals surface area contributed by atoms with Gasteiger partial charge in [0.1, 0.15) is 0 Å². The van der Waals surface area contributed by atoms with Crippen LogP contribution in [0.25, 0.3) is 0 Å². The second-order valence-corrected chi connectivity index (χ2v) is 7.47. The van der Waals surface area contributed by atoms with Crippen molar-refractivity contribution in [1.82, 2.24) is 25.3 Å². The Balaban J connectivity index is 1.54. The minimum atomic E-state index is 0.348. The van der Waals surface area contributed by atoms with Gasteiger partial charge in [-0.05, 0) is 18.7 Å². The first-order chi connectivity index (χ1) is 13.2. The zero-order valence-corrected chi connectivity index (χ0v) is 17.2. The van der Waals surface area contributed by atoms with E-state index in [1.807, 2.05) is 7.05 Å². The maximum absolute atomic E-state index is 4.45. The summed E-state index contributed by atoms with van der Waals surface area (Å²) in [6, 6.07) is 11.7. The summed E-state index contributed by atoms with van der Waals surface area (Å²) in [5, 5.41) is 7.12. The minimum Gasteiger partial charge on any atom is -0.355 e. The van der Waals surface area contributed by atoms with Gasteiger partial charge in [0.15, 0.2) is 5.96 Å². The second-order valence-electron chi connectivity index (χ2n) is 7.47. The van der Waals surface area contributed by atoms with Crippen molar-refractivity contribution >= 4 is 5.96 Å². The highest BCUT2D eigenvalue weighted by atomic mass is 15.4. The number of hydrogen-bond acceptors (Lipinski definition) is 4. The Labute approximate surface area is 164 Å². The molecule has 0 spiro atoms. The Morgan fingerprint density at radius 3 is 2.37 bits per heavy atom. The molecule has 2 N–H and O–H groups in total. The number of nitrogens with zero attached hydrogens (tertiary/aromatic N) is 4. The third kappa shape index (κ3) is 5.21. The number of fused-ring (bicyclic) bond motifs is 3. The molecule has 150 valence electrons. The minimum absolute atomic E-state index is 0.348. The highest BCUT2D eigenvalue weighted by Gasteiger charge is 2.31. The van der Waals surface area contributed by atoms with Gasteiger partial charge in [-0.2, -0.15) is 0 Å². The van der Waals surface area contributed by atoms with Crippen molar-refractivity contribution in [3.05, 3.63) is 35.9 Å². The zero-order chi connectivity index (χ0) is 19.1.